The molecular formula is C11H10Cl2F2. The maximum absolute atomic E-state index is 13.6. The van der Waals surface area contributed by atoms with Gasteiger partial charge in [0.25, 0.3) is 0 Å². The topological polar surface area (TPSA) is 0 Å². The van der Waals surface area contributed by atoms with Gasteiger partial charge in [0.2, 0.25) is 0 Å². The second-order valence-corrected chi connectivity index (χ2v) is 5.43. The molecule has 0 N–H and O–H groups in total. The van der Waals surface area contributed by atoms with Crippen LogP contribution in [0.5, 0.6) is 0 Å². The van der Waals surface area contributed by atoms with E-state index in [1.54, 1.807) is 0 Å². The van der Waals surface area contributed by atoms with Crippen molar-refractivity contribution >= 4 is 23.2 Å². The van der Waals surface area contributed by atoms with Crippen molar-refractivity contribution in [2.75, 3.05) is 0 Å². The third-order valence-corrected chi connectivity index (χ3v) is 3.56. The highest BCUT2D eigenvalue weighted by molar-refractivity contribution is 6.32. The molecule has 4 heteroatoms. The van der Waals surface area contributed by atoms with Crippen LogP contribution in [0.1, 0.15) is 36.8 Å². The van der Waals surface area contributed by atoms with Crippen LogP contribution in [0, 0.1) is 11.6 Å². The summed E-state index contributed by atoms with van der Waals surface area (Å²) in [5.74, 6) is -1.79. The van der Waals surface area contributed by atoms with Crippen LogP contribution < -0.4 is 0 Å². The van der Waals surface area contributed by atoms with Crippen LogP contribution in [0.2, 0.25) is 5.02 Å². The normalized spacial score (nSPS) is 22.9. The van der Waals surface area contributed by atoms with Gasteiger partial charge in [-0.3, -0.25) is 0 Å². The summed E-state index contributed by atoms with van der Waals surface area (Å²) in [6.45, 7) is 3.86. The highest BCUT2D eigenvalue weighted by atomic mass is 35.5. The zero-order valence-corrected chi connectivity index (χ0v) is 9.89. The van der Waals surface area contributed by atoms with E-state index >= 15 is 0 Å². The molecular weight excluding hydrogens is 241 g/mol. The second kappa shape index (κ2) is 3.33. The first-order valence-electron chi connectivity index (χ1n) is 4.66. The minimum Gasteiger partial charge on any atom is -0.204 e. The molecule has 1 aromatic rings. The molecule has 0 saturated carbocycles. The second-order valence-electron chi connectivity index (χ2n) is 4.50. The van der Waals surface area contributed by atoms with Crippen molar-refractivity contribution in [1.82, 2.24) is 0 Å². The van der Waals surface area contributed by atoms with Crippen molar-refractivity contribution in [1.29, 1.82) is 0 Å². The molecule has 0 bridgehead atoms. The number of rotatable bonds is 0. The van der Waals surface area contributed by atoms with Gasteiger partial charge in [-0.15, -0.1) is 11.6 Å². The Labute approximate surface area is 97.2 Å². The molecule has 15 heavy (non-hydrogen) atoms. The maximum atomic E-state index is 13.6. The molecule has 0 heterocycles. The molecule has 1 unspecified atom stereocenters. The number of fused-ring (bicyclic) bond motifs is 1. The molecule has 0 spiro atoms. The Morgan fingerprint density at radius 2 is 2.00 bits per heavy atom. The highest BCUT2D eigenvalue weighted by Gasteiger charge is 2.40. The lowest BCUT2D eigenvalue weighted by Gasteiger charge is -2.20. The largest absolute Gasteiger partial charge is 0.204 e. The summed E-state index contributed by atoms with van der Waals surface area (Å²) in [5.41, 5.74) is 0.572. The van der Waals surface area contributed by atoms with Crippen LogP contribution in [-0.2, 0) is 5.41 Å². The van der Waals surface area contributed by atoms with Crippen LogP contribution in [-0.4, -0.2) is 0 Å². The fourth-order valence-corrected chi connectivity index (χ4v) is 3.29. The van der Waals surface area contributed by atoms with Crippen LogP contribution in [0.25, 0.3) is 0 Å². The van der Waals surface area contributed by atoms with Gasteiger partial charge in [-0.1, -0.05) is 25.4 Å². The molecule has 0 aliphatic heterocycles. The molecule has 0 aromatic heterocycles. The fraction of sp³-hybridized carbons (Fsp3) is 0.455. The molecule has 0 amide bonds. The fourth-order valence-electron chi connectivity index (χ4n) is 2.25. The van der Waals surface area contributed by atoms with E-state index < -0.39 is 17.0 Å². The average molecular weight is 251 g/mol. The van der Waals surface area contributed by atoms with Gasteiger partial charge >= 0.3 is 0 Å². The number of hydrogen-bond acceptors (Lipinski definition) is 0. The van der Waals surface area contributed by atoms with Crippen molar-refractivity contribution < 1.29 is 8.78 Å². The van der Waals surface area contributed by atoms with Crippen molar-refractivity contribution in [3.8, 4) is 0 Å². The molecule has 0 saturated heterocycles. The van der Waals surface area contributed by atoms with E-state index in [-0.39, 0.29) is 16.0 Å². The summed E-state index contributed by atoms with van der Waals surface area (Å²) in [4.78, 5) is 0. The Morgan fingerprint density at radius 1 is 1.40 bits per heavy atom. The number of halogens is 4. The average Bonchev–Trinajstić information content (AvgIpc) is 2.32. The first-order valence-corrected chi connectivity index (χ1v) is 5.48. The minimum atomic E-state index is -0.929. The van der Waals surface area contributed by atoms with Gasteiger partial charge in [-0.25, -0.2) is 8.78 Å². The number of benzene rings is 1. The standard InChI is InChI=1S/C11H10Cl2F2/c1-11(2)4-6(13)8-9(11)5(12)3-7(14)10(8)15/h3,6H,4H2,1-2H3. The molecule has 82 valence electrons. The van der Waals surface area contributed by atoms with Gasteiger partial charge in [-0.2, -0.15) is 0 Å². The molecule has 1 aliphatic carbocycles. The molecule has 1 aromatic carbocycles. The van der Waals surface area contributed by atoms with Gasteiger partial charge < -0.3 is 0 Å². The Morgan fingerprint density at radius 3 is 2.60 bits per heavy atom. The van der Waals surface area contributed by atoms with E-state index in [9.17, 15) is 8.78 Å². The lowest BCUT2D eigenvalue weighted by molar-refractivity contribution is 0.499. The minimum absolute atomic E-state index is 0.228. The molecule has 2 rings (SSSR count). The smallest absolute Gasteiger partial charge is 0.163 e. The Balaban J connectivity index is 2.78. The van der Waals surface area contributed by atoms with E-state index in [0.29, 0.717) is 12.0 Å². The van der Waals surface area contributed by atoms with Crippen LogP contribution in [0.4, 0.5) is 8.78 Å². The van der Waals surface area contributed by atoms with Crippen molar-refractivity contribution in [3.05, 3.63) is 33.9 Å². The van der Waals surface area contributed by atoms with Crippen LogP contribution in [0.3, 0.4) is 0 Å². The van der Waals surface area contributed by atoms with Gasteiger partial charge in [0, 0.05) is 10.6 Å². The SMILES string of the molecule is CC1(C)CC(Cl)c2c(F)c(F)cc(Cl)c21. The predicted molar refractivity (Wildman–Crippen MR) is 57.6 cm³/mol. The Bertz CT molecular complexity index is 427. The number of alkyl halides is 1. The molecule has 0 fully saturated rings. The van der Waals surface area contributed by atoms with Gasteiger partial charge in [-0.05, 0) is 23.5 Å². The summed E-state index contributed by atoms with van der Waals surface area (Å²) in [6.07, 6.45) is 0.573. The Kier molecular flexibility index (Phi) is 2.47. The first-order chi connectivity index (χ1) is 6.84. The van der Waals surface area contributed by atoms with Crippen LogP contribution >= 0.6 is 23.2 Å². The van der Waals surface area contributed by atoms with E-state index in [0.717, 1.165) is 6.07 Å². The lowest BCUT2D eigenvalue weighted by atomic mass is 9.86. The molecule has 0 nitrogen and oxygen atoms in total. The first kappa shape index (κ1) is 11.2. The monoisotopic (exact) mass is 250 g/mol. The lowest BCUT2D eigenvalue weighted by Crippen LogP contribution is -2.13. The van der Waals surface area contributed by atoms with Gasteiger partial charge in [0.15, 0.2) is 11.6 Å². The van der Waals surface area contributed by atoms with Gasteiger partial charge in [0.05, 0.1) is 5.38 Å². The summed E-state index contributed by atoms with van der Waals surface area (Å²) in [6, 6.07) is 1.02. The maximum Gasteiger partial charge on any atom is 0.163 e. The zero-order chi connectivity index (χ0) is 11.4. The highest BCUT2D eigenvalue weighted by Crippen LogP contribution is 2.51. The Hall–Kier alpha value is -0.340. The van der Waals surface area contributed by atoms with Crippen molar-refractivity contribution in [2.45, 2.75) is 31.1 Å². The van der Waals surface area contributed by atoms with E-state index in [4.69, 9.17) is 23.2 Å². The third kappa shape index (κ3) is 1.55. The van der Waals surface area contributed by atoms with E-state index in [2.05, 4.69) is 0 Å². The van der Waals surface area contributed by atoms with E-state index in [1.807, 2.05) is 13.8 Å². The summed E-state index contributed by atoms with van der Waals surface area (Å²) < 4.78 is 26.7. The molecule has 0 radical (unpaired) electrons. The van der Waals surface area contributed by atoms with Crippen molar-refractivity contribution in [3.63, 3.8) is 0 Å². The third-order valence-electron chi connectivity index (χ3n) is 2.89. The zero-order valence-electron chi connectivity index (χ0n) is 8.37. The number of hydrogen-bond donors (Lipinski definition) is 0. The predicted octanol–water partition coefficient (Wildman–Crippen LogP) is 4.58. The summed E-state index contributed by atoms with van der Waals surface area (Å²) in [7, 11) is 0. The van der Waals surface area contributed by atoms with E-state index in [1.165, 1.54) is 0 Å². The van der Waals surface area contributed by atoms with Crippen molar-refractivity contribution in [2.24, 2.45) is 0 Å². The summed E-state index contributed by atoms with van der Waals surface area (Å²) >= 11 is 11.9. The quantitative estimate of drug-likeness (QED) is 0.467. The molecule has 1 atom stereocenters. The summed E-state index contributed by atoms with van der Waals surface area (Å²) in [5, 5.41) is -0.236. The van der Waals surface area contributed by atoms with Gasteiger partial charge in [0.1, 0.15) is 0 Å². The molecule has 1 aliphatic rings. The van der Waals surface area contributed by atoms with Crippen LogP contribution in [0.15, 0.2) is 6.07 Å².